The van der Waals surface area contributed by atoms with Crippen LogP contribution in [-0.4, -0.2) is 64.7 Å². The first-order valence-corrected chi connectivity index (χ1v) is 11.4. The van der Waals surface area contributed by atoms with Gasteiger partial charge in [-0.15, -0.1) is 0 Å². The molecule has 0 aliphatic carbocycles. The summed E-state index contributed by atoms with van der Waals surface area (Å²) >= 11 is 0. The van der Waals surface area contributed by atoms with Crippen LogP contribution >= 0.6 is 0 Å². The van der Waals surface area contributed by atoms with Gasteiger partial charge in [-0.2, -0.15) is 0 Å². The Morgan fingerprint density at radius 2 is 1.97 bits per heavy atom. The van der Waals surface area contributed by atoms with Crippen molar-refractivity contribution in [2.75, 3.05) is 39.4 Å². The molecule has 1 aliphatic rings. The van der Waals surface area contributed by atoms with E-state index in [0.29, 0.717) is 38.4 Å². The predicted molar refractivity (Wildman–Crippen MR) is 126 cm³/mol. The second-order valence-electron chi connectivity index (χ2n) is 8.59. The molecule has 33 heavy (non-hydrogen) atoms. The quantitative estimate of drug-likeness (QED) is 0.526. The third-order valence-electron chi connectivity index (χ3n) is 6.13. The Labute approximate surface area is 194 Å². The molecular formula is C26H31FN4O2. The number of amides is 1. The second-order valence-corrected chi connectivity index (χ2v) is 8.59. The second kappa shape index (κ2) is 10.7. The number of ether oxygens (including phenoxy) is 1. The molecule has 0 saturated carbocycles. The number of imidazole rings is 1. The molecule has 0 atom stereocenters. The fourth-order valence-corrected chi connectivity index (χ4v) is 4.10. The average Bonchev–Trinajstić information content (AvgIpc) is 3.25. The molecule has 1 aliphatic heterocycles. The highest BCUT2D eigenvalue weighted by molar-refractivity contribution is 5.94. The molecule has 7 heteroatoms. The van der Waals surface area contributed by atoms with Crippen molar-refractivity contribution in [3.63, 3.8) is 0 Å². The average molecular weight is 451 g/mol. The first-order valence-electron chi connectivity index (χ1n) is 11.4. The van der Waals surface area contributed by atoms with E-state index in [4.69, 9.17) is 4.74 Å². The Kier molecular flexibility index (Phi) is 7.52. The highest BCUT2D eigenvalue weighted by Gasteiger charge is 2.21. The highest BCUT2D eigenvalue weighted by atomic mass is 19.1. The van der Waals surface area contributed by atoms with Gasteiger partial charge in [-0.3, -0.25) is 9.69 Å². The van der Waals surface area contributed by atoms with E-state index in [9.17, 15) is 9.18 Å². The van der Waals surface area contributed by atoms with Gasteiger partial charge < -0.3 is 14.2 Å². The highest BCUT2D eigenvalue weighted by Crippen LogP contribution is 2.16. The Hall–Kier alpha value is -3.03. The first-order chi connectivity index (χ1) is 16.0. The van der Waals surface area contributed by atoms with Crippen LogP contribution in [0.4, 0.5) is 4.39 Å². The summed E-state index contributed by atoms with van der Waals surface area (Å²) in [5, 5.41) is 0. The standard InChI is InChI=1S/C26H31FN4O2/c1-20-6-7-21(2)23(16-20)18-30-9-8-28-25(30)19-31(11-10-29-12-14-33-15-13-29)26(32)22-4-3-5-24(27)17-22/h3-9,16-17H,10-15,18-19H2,1-2H3. The van der Waals surface area contributed by atoms with E-state index >= 15 is 0 Å². The Bertz CT molecular complexity index is 1090. The number of carbonyl (C=O) groups excluding carboxylic acids is 1. The lowest BCUT2D eigenvalue weighted by Crippen LogP contribution is -2.43. The molecule has 2 heterocycles. The topological polar surface area (TPSA) is 50.6 Å². The fraction of sp³-hybridized carbons (Fsp3) is 0.385. The molecule has 0 spiro atoms. The minimum Gasteiger partial charge on any atom is -0.379 e. The number of hydrogen-bond donors (Lipinski definition) is 0. The lowest BCUT2D eigenvalue weighted by molar-refractivity contribution is 0.0318. The lowest BCUT2D eigenvalue weighted by Gasteiger charge is -2.30. The maximum absolute atomic E-state index is 13.8. The summed E-state index contributed by atoms with van der Waals surface area (Å²) in [6.45, 7) is 9.62. The molecule has 6 nitrogen and oxygen atoms in total. The maximum atomic E-state index is 13.8. The maximum Gasteiger partial charge on any atom is 0.254 e. The van der Waals surface area contributed by atoms with Crippen LogP contribution in [0.3, 0.4) is 0 Å². The molecule has 0 unspecified atom stereocenters. The number of morpholine rings is 1. The van der Waals surface area contributed by atoms with E-state index in [0.717, 1.165) is 25.5 Å². The molecule has 174 valence electrons. The SMILES string of the molecule is Cc1ccc(C)c(Cn2ccnc2CN(CCN2CCOCC2)C(=O)c2cccc(F)c2)c1. The van der Waals surface area contributed by atoms with Crippen molar-refractivity contribution in [1.82, 2.24) is 19.4 Å². The normalized spacial score (nSPS) is 14.4. The molecule has 1 saturated heterocycles. The lowest BCUT2D eigenvalue weighted by atomic mass is 10.1. The monoisotopic (exact) mass is 450 g/mol. The van der Waals surface area contributed by atoms with Gasteiger partial charge in [-0.1, -0.05) is 29.8 Å². The molecule has 3 aromatic rings. The molecule has 0 bridgehead atoms. The van der Waals surface area contributed by atoms with Gasteiger partial charge in [-0.25, -0.2) is 9.37 Å². The third kappa shape index (κ3) is 6.06. The van der Waals surface area contributed by atoms with Gasteiger partial charge in [0.2, 0.25) is 0 Å². The van der Waals surface area contributed by atoms with Gasteiger partial charge in [0.15, 0.2) is 0 Å². The zero-order valence-electron chi connectivity index (χ0n) is 19.3. The summed E-state index contributed by atoms with van der Waals surface area (Å²) in [4.78, 5) is 22.0. The largest absolute Gasteiger partial charge is 0.379 e. The Morgan fingerprint density at radius 1 is 1.15 bits per heavy atom. The van der Waals surface area contributed by atoms with E-state index in [-0.39, 0.29) is 5.91 Å². The number of halogens is 1. The predicted octanol–water partition coefficient (Wildman–Crippen LogP) is 3.66. The number of aromatic nitrogens is 2. The van der Waals surface area contributed by atoms with Crippen LogP contribution in [0, 0.1) is 19.7 Å². The van der Waals surface area contributed by atoms with Crippen molar-refractivity contribution in [2.24, 2.45) is 0 Å². The van der Waals surface area contributed by atoms with Gasteiger partial charge in [0.1, 0.15) is 11.6 Å². The molecule has 1 amide bonds. The van der Waals surface area contributed by atoms with Gasteiger partial charge in [0, 0.05) is 50.7 Å². The van der Waals surface area contributed by atoms with Crippen LogP contribution in [0.25, 0.3) is 0 Å². The van der Waals surface area contributed by atoms with Crippen LogP contribution in [0.1, 0.15) is 32.9 Å². The summed E-state index contributed by atoms with van der Waals surface area (Å²) in [5.41, 5.74) is 4.01. The molecule has 2 aromatic carbocycles. The van der Waals surface area contributed by atoms with Gasteiger partial charge in [0.25, 0.3) is 5.91 Å². The zero-order valence-corrected chi connectivity index (χ0v) is 19.3. The molecule has 0 radical (unpaired) electrons. The van der Waals surface area contributed by atoms with Crippen LogP contribution in [0.5, 0.6) is 0 Å². The number of aryl methyl sites for hydroxylation is 2. The smallest absolute Gasteiger partial charge is 0.254 e. The van der Waals surface area contributed by atoms with Crippen molar-refractivity contribution in [3.8, 4) is 0 Å². The molecule has 1 aromatic heterocycles. The summed E-state index contributed by atoms with van der Waals surface area (Å²) in [6.07, 6.45) is 3.72. The minimum atomic E-state index is -0.412. The fourth-order valence-electron chi connectivity index (χ4n) is 4.10. The van der Waals surface area contributed by atoms with Crippen LogP contribution in [0.15, 0.2) is 54.9 Å². The molecule has 0 N–H and O–H groups in total. The first kappa shape index (κ1) is 23.1. The van der Waals surface area contributed by atoms with Crippen molar-refractivity contribution in [2.45, 2.75) is 26.9 Å². The summed E-state index contributed by atoms with van der Waals surface area (Å²) in [5.74, 6) is 0.206. The Balaban J connectivity index is 1.54. The van der Waals surface area contributed by atoms with Gasteiger partial charge in [-0.05, 0) is 43.2 Å². The van der Waals surface area contributed by atoms with E-state index in [1.54, 1.807) is 23.2 Å². The molecule has 4 rings (SSSR count). The summed E-state index contributed by atoms with van der Waals surface area (Å²) in [7, 11) is 0. The van der Waals surface area contributed by atoms with E-state index in [1.165, 1.54) is 28.8 Å². The number of hydrogen-bond acceptors (Lipinski definition) is 4. The third-order valence-corrected chi connectivity index (χ3v) is 6.13. The Morgan fingerprint density at radius 3 is 2.76 bits per heavy atom. The van der Waals surface area contributed by atoms with E-state index < -0.39 is 5.82 Å². The number of rotatable bonds is 8. The van der Waals surface area contributed by atoms with Crippen molar-refractivity contribution in [3.05, 3.63) is 88.8 Å². The number of nitrogens with zero attached hydrogens (tertiary/aromatic N) is 4. The van der Waals surface area contributed by atoms with Crippen molar-refractivity contribution >= 4 is 5.91 Å². The van der Waals surface area contributed by atoms with E-state index in [1.807, 2.05) is 6.20 Å². The van der Waals surface area contributed by atoms with E-state index in [2.05, 4.69) is 46.5 Å². The molecule has 1 fully saturated rings. The minimum absolute atomic E-state index is 0.191. The zero-order chi connectivity index (χ0) is 23.2. The number of benzene rings is 2. The van der Waals surface area contributed by atoms with Crippen LogP contribution in [-0.2, 0) is 17.8 Å². The van der Waals surface area contributed by atoms with Gasteiger partial charge >= 0.3 is 0 Å². The molecular weight excluding hydrogens is 419 g/mol. The van der Waals surface area contributed by atoms with Gasteiger partial charge in [0.05, 0.1) is 19.8 Å². The van der Waals surface area contributed by atoms with Crippen LogP contribution < -0.4 is 0 Å². The number of carbonyl (C=O) groups is 1. The summed E-state index contributed by atoms with van der Waals surface area (Å²) < 4.78 is 21.3. The van der Waals surface area contributed by atoms with Crippen molar-refractivity contribution in [1.29, 1.82) is 0 Å². The summed E-state index contributed by atoms with van der Waals surface area (Å²) in [6, 6.07) is 12.3. The van der Waals surface area contributed by atoms with Crippen LogP contribution in [0.2, 0.25) is 0 Å². The van der Waals surface area contributed by atoms with Crippen molar-refractivity contribution < 1.29 is 13.9 Å².